The van der Waals surface area contributed by atoms with E-state index in [2.05, 4.69) is 5.32 Å². The van der Waals surface area contributed by atoms with Crippen LogP contribution in [0.25, 0.3) is 0 Å². The number of alkyl halides is 1. The summed E-state index contributed by atoms with van der Waals surface area (Å²) in [5.41, 5.74) is 0. The molecule has 0 atom stereocenters. The second-order valence-corrected chi connectivity index (χ2v) is 5.24. The number of hydrogen-bond donors (Lipinski definition) is 1. The third kappa shape index (κ3) is 4.22. The molecule has 1 amide bonds. The van der Waals surface area contributed by atoms with Gasteiger partial charge >= 0.3 is 0 Å². The molecule has 0 saturated heterocycles. The average molecular weight is 268 g/mol. The van der Waals surface area contributed by atoms with Crippen molar-refractivity contribution in [1.29, 1.82) is 0 Å². The average Bonchev–Trinajstić information content (AvgIpc) is 2.40. The zero-order valence-electron chi connectivity index (χ0n) is 10.3. The number of nitrogens with one attached hydrogen (secondary N) is 1. The lowest BCUT2D eigenvalue weighted by molar-refractivity contribution is -0.124. The Hall–Kier alpha value is -1.22. The zero-order valence-corrected chi connectivity index (χ0v) is 11.0. The van der Waals surface area contributed by atoms with Crippen LogP contribution in [0.15, 0.2) is 30.3 Å². The molecule has 1 aromatic carbocycles. The van der Waals surface area contributed by atoms with E-state index in [1.807, 2.05) is 30.3 Å². The van der Waals surface area contributed by atoms with E-state index >= 15 is 0 Å². The highest BCUT2D eigenvalue weighted by Crippen LogP contribution is 2.22. The molecular formula is C14H18ClNO2. The molecule has 1 saturated carbocycles. The number of amides is 1. The van der Waals surface area contributed by atoms with Crippen LogP contribution in [-0.4, -0.2) is 23.9 Å². The van der Waals surface area contributed by atoms with Gasteiger partial charge in [0.2, 0.25) is 0 Å². The molecule has 1 aliphatic rings. The lowest BCUT2D eigenvalue weighted by Crippen LogP contribution is -2.40. The summed E-state index contributed by atoms with van der Waals surface area (Å²) in [5, 5.41) is 3.26. The molecule has 1 aliphatic carbocycles. The van der Waals surface area contributed by atoms with Crippen LogP contribution in [-0.2, 0) is 4.79 Å². The second-order valence-electron chi connectivity index (χ2n) is 4.62. The molecule has 3 nitrogen and oxygen atoms in total. The molecule has 0 aliphatic heterocycles. The maximum Gasteiger partial charge on any atom is 0.258 e. The summed E-state index contributed by atoms with van der Waals surface area (Å²) >= 11 is 6.02. The number of halogens is 1. The second kappa shape index (κ2) is 6.64. The number of carbonyl (C=O) groups excluding carboxylic acids is 1. The molecule has 2 rings (SSSR count). The van der Waals surface area contributed by atoms with Gasteiger partial charge in [0, 0.05) is 11.4 Å². The van der Waals surface area contributed by atoms with Crippen molar-refractivity contribution < 1.29 is 9.53 Å². The molecule has 0 unspecified atom stereocenters. The fourth-order valence-electron chi connectivity index (χ4n) is 2.13. The lowest BCUT2D eigenvalue weighted by Gasteiger charge is -2.25. The van der Waals surface area contributed by atoms with Crippen LogP contribution >= 0.6 is 11.6 Å². The quantitative estimate of drug-likeness (QED) is 0.852. The van der Waals surface area contributed by atoms with E-state index < -0.39 is 0 Å². The Balaban J connectivity index is 1.69. The third-order valence-electron chi connectivity index (χ3n) is 3.13. The number of carbonyl (C=O) groups is 1. The number of rotatable bonds is 4. The van der Waals surface area contributed by atoms with E-state index in [1.165, 1.54) is 0 Å². The topological polar surface area (TPSA) is 38.3 Å². The standard InChI is InChI=1S/C14H18ClNO2/c15-11-6-8-12(9-7-11)16-14(17)10-18-13-4-2-1-3-5-13/h1-5,11-12H,6-10H2,(H,16,17). The molecule has 1 N–H and O–H groups in total. The van der Waals surface area contributed by atoms with Crippen molar-refractivity contribution in [2.45, 2.75) is 37.1 Å². The Labute approximate surface area is 112 Å². The zero-order chi connectivity index (χ0) is 12.8. The van der Waals surface area contributed by atoms with Gasteiger partial charge in [-0.15, -0.1) is 11.6 Å². The highest BCUT2D eigenvalue weighted by atomic mass is 35.5. The summed E-state index contributed by atoms with van der Waals surface area (Å²) in [5.74, 6) is 0.661. The Bertz CT molecular complexity index is 375. The Morgan fingerprint density at radius 1 is 1.22 bits per heavy atom. The van der Waals surface area contributed by atoms with Crippen LogP contribution in [0.5, 0.6) is 5.75 Å². The van der Waals surface area contributed by atoms with Gasteiger partial charge in [0.15, 0.2) is 6.61 Å². The van der Waals surface area contributed by atoms with Crippen molar-refractivity contribution in [2.24, 2.45) is 0 Å². The minimum absolute atomic E-state index is 0.0584. The first-order valence-electron chi connectivity index (χ1n) is 6.35. The van der Waals surface area contributed by atoms with Crippen molar-refractivity contribution in [3.05, 3.63) is 30.3 Å². The SMILES string of the molecule is O=C(COc1ccccc1)NC1CCC(Cl)CC1. The van der Waals surface area contributed by atoms with Crippen molar-refractivity contribution in [3.63, 3.8) is 0 Å². The fraction of sp³-hybridized carbons (Fsp3) is 0.500. The normalized spacial score (nSPS) is 23.4. The molecule has 0 spiro atoms. The summed E-state index contributed by atoms with van der Waals surface area (Å²) in [6, 6.07) is 9.62. The monoisotopic (exact) mass is 267 g/mol. The summed E-state index contributed by atoms with van der Waals surface area (Å²) in [6.45, 7) is 0.0742. The van der Waals surface area contributed by atoms with Crippen molar-refractivity contribution in [2.75, 3.05) is 6.61 Å². The predicted molar refractivity (Wildman–Crippen MR) is 72.0 cm³/mol. The summed E-state index contributed by atoms with van der Waals surface area (Å²) in [7, 11) is 0. The Morgan fingerprint density at radius 2 is 1.89 bits per heavy atom. The molecule has 18 heavy (non-hydrogen) atoms. The summed E-state index contributed by atoms with van der Waals surface area (Å²) in [4.78, 5) is 11.7. The van der Waals surface area contributed by atoms with Gasteiger partial charge in [-0.1, -0.05) is 18.2 Å². The molecule has 4 heteroatoms. The molecule has 0 radical (unpaired) electrons. The van der Waals surface area contributed by atoms with Crippen LogP contribution < -0.4 is 10.1 Å². The largest absolute Gasteiger partial charge is 0.484 e. The van der Waals surface area contributed by atoms with E-state index in [0.29, 0.717) is 0 Å². The summed E-state index contributed by atoms with van der Waals surface area (Å²) in [6.07, 6.45) is 3.88. The van der Waals surface area contributed by atoms with Gasteiger partial charge < -0.3 is 10.1 Å². The first-order chi connectivity index (χ1) is 8.74. The molecule has 1 fully saturated rings. The van der Waals surface area contributed by atoms with Gasteiger partial charge in [-0.25, -0.2) is 0 Å². The highest BCUT2D eigenvalue weighted by molar-refractivity contribution is 6.20. The van der Waals surface area contributed by atoms with E-state index in [9.17, 15) is 4.79 Å². The maximum atomic E-state index is 11.7. The van der Waals surface area contributed by atoms with Crippen molar-refractivity contribution >= 4 is 17.5 Å². The van der Waals surface area contributed by atoms with Crippen LogP contribution in [0.4, 0.5) is 0 Å². The van der Waals surface area contributed by atoms with Crippen molar-refractivity contribution in [3.8, 4) is 5.75 Å². The number of para-hydroxylation sites is 1. The number of hydrogen-bond acceptors (Lipinski definition) is 2. The predicted octanol–water partition coefficient (Wildman–Crippen LogP) is 2.73. The van der Waals surface area contributed by atoms with Gasteiger partial charge in [0.05, 0.1) is 0 Å². The van der Waals surface area contributed by atoms with E-state index in [-0.39, 0.29) is 23.9 Å². The van der Waals surface area contributed by atoms with Crippen molar-refractivity contribution in [1.82, 2.24) is 5.32 Å². The fourth-order valence-corrected chi connectivity index (χ4v) is 2.38. The van der Waals surface area contributed by atoms with E-state index in [1.54, 1.807) is 0 Å². The smallest absolute Gasteiger partial charge is 0.258 e. The first kappa shape index (κ1) is 13.2. The van der Waals surface area contributed by atoms with Crippen LogP contribution in [0.1, 0.15) is 25.7 Å². The van der Waals surface area contributed by atoms with Gasteiger partial charge in [0.25, 0.3) is 5.91 Å². The highest BCUT2D eigenvalue weighted by Gasteiger charge is 2.20. The molecule has 1 aromatic rings. The van der Waals surface area contributed by atoms with E-state index in [0.717, 1.165) is 31.4 Å². The van der Waals surface area contributed by atoms with E-state index in [4.69, 9.17) is 16.3 Å². The summed E-state index contributed by atoms with van der Waals surface area (Å²) < 4.78 is 5.39. The Morgan fingerprint density at radius 3 is 2.56 bits per heavy atom. The van der Waals surface area contributed by atoms with Gasteiger partial charge in [-0.05, 0) is 37.8 Å². The minimum atomic E-state index is -0.0584. The first-order valence-corrected chi connectivity index (χ1v) is 6.79. The molecule has 0 heterocycles. The maximum absolute atomic E-state index is 11.7. The molecule has 98 valence electrons. The number of ether oxygens (including phenoxy) is 1. The van der Waals surface area contributed by atoms with Gasteiger partial charge in [-0.2, -0.15) is 0 Å². The molecule has 0 aromatic heterocycles. The lowest BCUT2D eigenvalue weighted by atomic mass is 9.95. The van der Waals surface area contributed by atoms with Gasteiger partial charge in [-0.3, -0.25) is 4.79 Å². The molecular weight excluding hydrogens is 250 g/mol. The third-order valence-corrected chi connectivity index (χ3v) is 3.57. The van der Waals surface area contributed by atoms with Crippen LogP contribution in [0, 0.1) is 0 Å². The van der Waals surface area contributed by atoms with Gasteiger partial charge in [0.1, 0.15) is 5.75 Å². The van der Waals surface area contributed by atoms with Crippen LogP contribution in [0.3, 0.4) is 0 Å². The number of benzene rings is 1. The Kier molecular flexibility index (Phi) is 4.88. The minimum Gasteiger partial charge on any atom is -0.484 e. The molecule has 0 bridgehead atoms. The van der Waals surface area contributed by atoms with Crippen LogP contribution in [0.2, 0.25) is 0 Å².